The van der Waals surface area contributed by atoms with E-state index < -0.39 is 6.10 Å². The van der Waals surface area contributed by atoms with Gasteiger partial charge in [-0.15, -0.1) is 5.10 Å². The minimum atomic E-state index is -0.684. The number of halogens is 1. The number of aliphatic hydroxyl groups excluding tert-OH is 1. The molecular weight excluding hydrogens is 564 g/mol. The van der Waals surface area contributed by atoms with E-state index in [1.54, 1.807) is 21.5 Å². The van der Waals surface area contributed by atoms with Crippen LogP contribution in [-0.2, 0) is 18.5 Å². The average Bonchev–Trinajstić information content (AvgIpc) is 3.54. The molecule has 11 heteroatoms. The van der Waals surface area contributed by atoms with Crippen molar-refractivity contribution in [3.63, 3.8) is 0 Å². The number of hydrogen-bond donors (Lipinski definition) is 1. The van der Waals surface area contributed by atoms with Crippen LogP contribution in [-0.4, -0.2) is 75.7 Å². The lowest BCUT2D eigenvalue weighted by molar-refractivity contribution is 0.0260. The molecule has 0 aliphatic carbocycles. The molecule has 1 fully saturated rings. The standard InChI is InChI=1S/C32H41ClN8O2/c1-20-14-21(2)41(36-20)29-13-12-27(33)30(34-29)31(43)38-15-22(3)40(23(4)16-38)18-26-17-39(37-35-26)19-28(42)24-8-10-25(11-9-24)32(5,6)7/h8-14,17,22-23,28,42H,15-16,18-19H2,1-7H3/t22-,23+,28?. The Balaban J connectivity index is 1.22. The summed E-state index contributed by atoms with van der Waals surface area (Å²) in [6, 6.07) is 13.7. The summed E-state index contributed by atoms with van der Waals surface area (Å²) >= 11 is 6.47. The van der Waals surface area contributed by atoms with Gasteiger partial charge >= 0.3 is 0 Å². The van der Waals surface area contributed by atoms with Crippen molar-refractivity contribution in [1.29, 1.82) is 0 Å². The number of pyridine rings is 1. The van der Waals surface area contributed by atoms with Gasteiger partial charge in [-0.3, -0.25) is 9.69 Å². The van der Waals surface area contributed by atoms with Crippen LogP contribution in [0.5, 0.6) is 0 Å². The lowest BCUT2D eigenvalue weighted by Crippen LogP contribution is -2.57. The zero-order valence-electron chi connectivity index (χ0n) is 26.0. The summed E-state index contributed by atoms with van der Waals surface area (Å²) in [5, 5.41) is 24.3. The molecule has 43 heavy (non-hydrogen) atoms. The van der Waals surface area contributed by atoms with Gasteiger partial charge in [0.05, 0.1) is 29.1 Å². The minimum Gasteiger partial charge on any atom is -0.386 e. The Morgan fingerprint density at radius 3 is 2.35 bits per heavy atom. The lowest BCUT2D eigenvalue weighted by atomic mass is 9.86. The van der Waals surface area contributed by atoms with Crippen molar-refractivity contribution in [2.75, 3.05) is 13.1 Å². The number of carbonyl (C=O) groups excluding carboxylic acids is 1. The summed E-state index contributed by atoms with van der Waals surface area (Å²) in [4.78, 5) is 22.4. The molecule has 0 spiro atoms. The van der Waals surface area contributed by atoms with E-state index in [2.05, 4.69) is 72.0 Å². The zero-order valence-corrected chi connectivity index (χ0v) is 26.7. The first-order chi connectivity index (χ1) is 20.3. The van der Waals surface area contributed by atoms with Crippen LogP contribution >= 0.6 is 11.6 Å². The van der Waals surface area contributed by atoms with Gasteiger partial charge in [0, 0.05) is 43.6 Å². The summed E-state index contributed by atoms with van der Waals surface area (Å²) in [6.07, 6.45) is 1.20. The number of carbonyl (C=O) groups is 1. The molecule has 5 rings (SSSR count). The number of rotatable bonds is 7. The molecule has 0 saturated carbocycles. The molecule has 3 atom stereocenters. The van der Waals surface area contributed by atoms with Crippen LogP contribution in [0, 0.1) is 13.8 Å². The Bertz CT molecular complexity index is 1580. The van der Waals surface area contributed by atoms with Gasteiger partial charge in [0.1, 0.15) is 5.69 Å². The van der Waals surface area contributed by atoms with Gasteiger partial charge < -0.3 is 10.0 Å². The van der Waals surface area contributed by atoms with E-state index in [0.29, 0.717) is 37.0 Å². The largest absolute Gasteiger partial charge is 0.386 e. The Morgan fingerprint density at radius 2 is 1.74 bits per heavy atom. The highest BCUT2D eigenvalue weighted by Crippen LogP contribution is 2.26. The van der Waals surface area contributed by atoms with Crippen LogP contribution in [0.15, 0.2) is 48.7 Å². The Morgan fingerprint density at radius 1 is 1.07 bits per heavy atom. The van der Waals surface area contributed by atoms with Crippen molar-refractivity contribution in [2.24, 2.45) is 0 Å². The number of aromatic nitrogens is 6. The number of benzene rings is 1. The Kier molecular flexibility index (Phi) is 8.74. The van der Waals surface area contributed by atoms with E-state index in [1.807, 2.05) is 43.1 Å². The predicted molar refractivity (Wildman–Crippen MR) is 166 cm³/mol. The third-order valence-electron chi connectivity index (χ3n) is 8.10. The Labute approximate surface area is 258 Å². The molecule has 228 valence electrons. The molecule has 1 amide bonds. The van der Waals surface area contributed by atoms with Gasteiger partial charge in [-0.2, -0.15) is 5.10 Å². The first kappa shape index (κ1) is 30.8. The van der Waals surface area contributed by atoms with E-state index in [9.17, 15) is 9.90 Å². The monoisotopic (exact) mass is 604 g/mol. The molecule has 1 N–H and O–H groups in total. The van der Waals surface area contributed by atoms with Gasteiger partial charge in [-0.25, -0.2) is 14.3 Å². The molecule has 4 aromatic rings. The number of nitrogens with zero attached hydrogens (tertiary/aromatic N) is 8. The zero-order chi connectivity index (χ0) is 31.1. The van der Waals surface area contributed by atoms with Gasteiger partial charge in [-0.1, -0.05) is 61.9 Å². The van der Waals surface area contributed by atoms with E-state index in [4.69, 9.17) is 11.6 Å². The SMILES string of the molecule is Cc1cc(C)n(-c2ccc(Cl)c(C(=O)N3C[C@@H](C)N(Cc4cn(CC(O)c5ccc(C(C)(C)C)cc5)nn4)[C@@H](C)C3)n2)n1. The number of amides is 1. The third-order valence-corrected chi connectivity index (χ3v) is 8.41. The maximum Gasteiger partial charge on any atom is 0.274 e. The number of aryl methyl sites for hydroxylation is 2. The smallest absolute Gasteiger partial charge is 0.274 e. The second kappa shape index (κ2) is 12.2. The maximum absolute atomic E-state index is 13.6. The highest BCUT2D eigenvalue weighted by Gasteiger charge is 2.34. The first-order valence-electron chi connectivity index (χ1n) is 14.7. The molecule has 4 heterocycles. The van der Waals surface area contributed by atoms with Crippen molar-refractivity contribution in [3.8, 4) is 5.82 Å². The summed E-state index contributed by atoms with van der Waals surface area (Å²) in [7, 11) is 0. The van der Waals surface area contributed by atoms with Crippen LogP contribution in [0.1, 0.15) is 79.4 Å². The maximum atomic E-state index is 13.6. The van der Waals surface area contributed by atoms with Crippen molar-refractivity contribution >= 4 is 17.5 Å². The first-order valence-corrected chi connectivity index (χ1v) is 15.1. The molecule has 1 aliphatic heterocycles. The van der Waals surface area contributed by atoms with Crippen molar-refractivity contribution in [1.82, 2.24) is 39.6 Å². The fraction of sp³-hybridized carbons (Fsp3) is 0.469. The molecule has 10 nitrogen and oxygen atoms in total. The fourth-order valence-electron chi connectivity index (χ4n) is 5.72. The fourth-order valence-corrected chi connectivity index (χ4v) is 5.91. The highest BCUT2D eigenvalue weighted by molar-refractivity contribution is 6.33. The normalized spacial score (nSPS) is 18.7. The second-order valence-corrected chi connectivity index (χ2v) is 13.1. The summed E-state index contributed by atoms with van der Waals surface area (Å²) in [5.74, 6) is 0.371. The minimum absolute atomic E-state index is 0.0610. The van der Waals surface area contributed by atoms with Crippen LogP contribution < -0.4 is 0 Å². The Hall–Kier alpha value is -3.60. The molecule has 3 aromatic heterocycles. The van der Waals surface area contributed by atoms with Crippen LogP contribution in [0.2, 0.25) is 5.02 Å². The topological polar surface area (TPSA) is 105 Å². The number of hydrogen-bond acceptors (Lipinski definition) is 7. The quantitative estimate of drug-likeness (QED) is 0.320. The average molecular weight is 605 g/mol. The molecule has 1 aromatic carbocycles. The van der Waals surface area contributed by atoms with Crippen molar-refractivity contribution in [2.45, 2.75) is 85.2 Å². The van der Waals surface area contributed by atoms with Crippen molar-refractivity contribution < 1.29 is 9.90 Å². The lowest BCUT2D eigenvalue weighted by Gasteiger charge is -2.44. The summed E-state index contributed by atoms with van der Waals surface area (Å²) in [5.41, 5.74) is 4.99. The van der Waals surface area contributed by atoms with Gasteiger partial charge in [-0.05, 0) is 62.4 Å². The molecule has 0 radical (unpaired) electrons. The summed E-state index contributed by atoms with van der Waals surface area (Å²) < 4.78 is 3.41. The number of aliphatic hydroxyl groups is 1. The van der Waals surface area contributed by atoms with Crippen molar-refractivity contribution in [3.05, 3.63) is 87.6 Å². The molecule has 1 aliphatic rings. The van der Waals surface area contributed by atoms with E-state index in [0.717, 1.165) is 22.6 Å². The predicted octanol–water partition coefficient (Wildman–Crippen LogP) is 4.90. The van der Waals surface area contributed by atoms with Crippen LogP contribution in [0.3, 0.4) is 0 Å². The third kappa shape index (κ3) is 6.82. The van der Waals surface area contributed by atoms with E-state index in [1.165, 1.54) is 5.56 Å². The number of piperazine rings is 1. The molecule has 0 bridgehead atoms. The van der Waals surface area contributed by atoms with E-state index in [-0.39, 0.29) is 29.1 Å². The van der Waals surface area contributed by atoms with Crippen LogP contribution in [0.4, 0.5) is 0 Å². The van der Waals surface area contributed by atoms with Gasteiger partial charge in [0.15, 0.2) is 5.82 Å². The molecular formula is C32H41ClN8O2. The molecule has 1 saturated heterocycles. The second-order valence-electron chi connectivity index (χ2n) is 12.7. The van der Waals surface area contributed by atoms with Crippen LogP contribution in [0.25, 0.3) is 5.82 Å². The highest BCUT2D eigenvalue weighted by atomic mass is 35.5. The summed E-state index contributed by atoms with van der Waals surface area (Å²) in [6.45, 7) is 16.6. The van der Waals surface area contributed by atoms with Gasteiger partial charge in [0.2, 0.25) is 0 Å². The molecule has 1 unspecified atom stereocenters. The van der Waals surface area contributed by atoms with Gasteiger partial charge in [0.25, 0.3) is 5.91 Å². The van der Waals surface area contributed by atoms with E-state index >= 15 is 0 Å².